The molecule has 0 atom stereocenters. The zero-order valence-corrected chi connectivity index (χ0v) is 10.9. The van der Waals surface area contributed by atoms with Gasteiger partial charge in [0.15, 0.2) is 0 Å². The Bertz CT molecular complexity index is 349. The molecule has 0 spiro atoms. The summed E-state index contributed by atoms with van der Waals surface area (Å²) in [4.78, 5) is 0. The van der Waals surface area contributed by atoms with E-state index < -0.39 is 21.3 Å². The molecule has 0 aromatic rings. The Balaban J connectivity index is 3.53. The first kappa shape index (κ1) is 15.8. The first-order valence-electron chi connectivity index (χ1n) is 5.18. The average molecular weight is 274 g/mol. The molecule has 0 aromatic carbocycles. The number of nitrogens with zero attached hydrogens (tertiary/aromatic N) is 1. The molecule has 5 nitrogen and oxygen atoms in total. The van der Waals surface area contributed by atoms with Crippen LogP contribution >= 0.6 is 0 Å². The van der Waals surface area contributed by atoms with Crippen molar-refractivity contribution >= 4 is 21.3 Å². The van der Waals surface area contributed by atoms with Gasteiger partial charge >= 0.3 is 10.4 Å². The maximum Gasteiger partial charge on any atom is 0.397 e. The van der Waals surface area contributed by atoms with Crippen molar-refractivity contribution in [3.63, 3.8) is 0 Å². The molecular formula is C8H17FNO4S2-. The highest BCUT2D eigenvalue weighted by molar-refractivity contribution is 7.91. The lowest BCUT2D eigenvalue weighted by Gasteiger charge is -2.05. The molecule has 0 aliphatic heterocycles. The van der Waals surface area contributed by atoms with Crippen LogP contribution in [0, 0.1) is 0 Å². The van der Waals surface area contributed by atoms with E-state index in [2.05, 4.69) is 14.9 Å². The van der Waals surface area contributed by atoms with E-state index in [4.69, 9.17) is 0 Å². The first-order chi connectivity index (χ1) is 7.45. The van der Waals surface area contributed by atoms with Crippen LogP contribution in [0.3, 0.4) is 0 Å². The van der Waals surface area contributed by atoms with Crippen molar-refractivity contribution in [1.82, 2.24) is 0 Å². The van der Waals surface area contributed by atoms with E-state index in [-0.39, 0.29) is 6.61 Å². The summed E-state index contributed by atoms with van der Waals surface area (Å²) in [5, 5.41) is 0. The lowest BCUT2D eigenvalue weighted by molar-refractivity contribution is 0.331. The van der Waals surface area contributed by atoms with Gasteiger partial charge in [-0.15, -0.1) is 0 Å². The second kappa shape index (κ2) is 8.89. The van der Waals surface area contributed by atoms with Crippen LogP contribution in [0.2, 0.25) is 0 Å². The maximum atomic E-state index is 11.9. The summed E-state index contributed by atoms with van der Waals surface area (Å²) < 4.78 is 49.3. The number of rotatable bonds is 9. The quantitative estimate of drug-likeness (QED) is 0.368. The molecule has 0 saturated carbocycles. The third kappa shape index (κ3) is 11.9. The highest BCUT2D eigenvalue weighted by atomic mass is 32.3. The van der Waals surface area contributed by atoms with Crippen LogP contribution in [0.4, 0.5) is 3.89 Å². The van der Waals surface area contributed by atoms with Gasteiger partial charge in [-0.3, -0.25) is 0 Å². The van der Waals surface area contributed by atoms with Gasteiger partial charge in [0.05, 0.1) is 0 Å². The Morgan fingerprint density at radius 2 is 1.75 bits per heavy atom. The molecule has 8 heteroatoms. The minimum Gasteiger partial charge on any atom is -0.438 e. The highest BCUT2D eigenvalue weighted by Gasteiger charge is 1.95. The predicted octanol–water partition coefficient (Wildman–Crippen LogP) is 2.64. The van der Waals surface area contributed by atoms with Crippen LogP contribution < -0.4 is 0 Å². The van der Waals surface area contributed by atoms with Crippen molar-refractivity contribution in [2.75, 3.05) is 6.61 Å². The van der Waals surface area contributed by atoms with Crippen molar-refractivity contribution in [2.45, 2.75) is 45.4 Å². The van der Waals surface area contributed by atoms with Crippen LogP contribution in [-0.2, 0) is 29.7 Å². The third-order valence-electron chi connectivity index (χ3n) is 1.83. The Hall–Kier alpha value is -0.210. The Labute approximate surface area is 98.1 Å². The van der Waals surface area contributed by atoms with Crippen LogP contribution in [0.25, 0.3) is 0 Å². The van der Waals surface area contributed by atoms with Crippen LogP contribution in [0.5, 0.6) is 0 Å². The van der Waals surface area contributed by atoms with Crippen molar-refractivity contribution in [2.24, 2.45) is 3.77 Å². The van der Waals surface area contributed by atoms with E-state index in [1.165, 1.54) is 6.42 Å². The Kier molecular flexibility index (Phi) is 8.77. The van der Waals surface area contributed by atoms with E-state index in [9.17, 15) is 16.5 Å². The molecule has 0 heterocycles. The van der Waals surface area contributed by atoms with Crippen LogP contribution in [-0.4, -0.2) is 15.0 Å². The standard InChI is InChI=1S/C8H17FNO4S2/c1-2-3-4-5-6-7-8-14-15(11)10-16(9,12)13/h2-8H2,1H3/q-1. The lowest BCUT2D eigenvalue weighted by atomic mass is 10.1. The molecule has 0 saturated heterocycles. The molecule has 0 unspecified atom stereocenters. The summed E-state index contributed by atoms with van der Waals surface area (Å²) in [6.45, 7) is 2.24. The highest BCUT2D eigenvalue weighted by Crippen LogP contribution is 2.05. The van der Waals surface area contributed by atoms with Gasteiger partial charge in [-0.2, -0.15) is 8.42 Å². The van der Waals surface area contributed by atoms with Crippen molar-refractivity contribution < 1.29 is 20.7 Å². The van der Waals surface area contributed by atoms with Gasteiger partial charge in [0, 0.05) is 6.61 Å². The predicted molar refractivity (Wildman–Crippen MR) is 59.8 cm³/mol. The van der Waals surface area contributed by atoms with Crippen molar-refractivity contribution in [1.29, 1.82) is 0 Å². The van der Waals surface area contributed by atoms with Crippen LogP contribution in [0.15, 0.2) is 3.77 Å². The fraction of sp³-hybridized carbons (Fsp3) is 1.00. The Morgan fingerprint density at radius 1 is 1.19 bits per heavy atom. The Morgan fingerprint density at radius 3 is 2.31 bits per heavy atom. The van der Waals surface area contributed by atoms with Gasteiger partial charge in [0.2, 0.25) is 0 Å². The molecule has 0 aliphatic rings. The minimum absolute atomic E-state index is 0.123. The monoisotopic (exact) mass is 274 g/mol. The number of halogens is 1. The van der Waals surface area contributed by atoms with Crippen molar-refractivity contribution in [3.8, 4) is 0 Å². The normalized spacial score (nSPS) is 14.1. The summed E-state index contributed by atoms with van der Waals surface area (Å²) >= 11 is 0. The largest absolute Gasteiger partial charge is 0.438 e. The van der Waals surface area contributed by atoms with Crippen LogP contribution in [0.1, 0.15) is 45.4 Å². The average Bonchev–Trinajstić information content (AvgIpc) is 2.13. The second-order valence-corrected chi connectivity index (χ2v) is 5.38. The van der Waals surface area contributed by atoms with Gasteiger partial charge in [-0.1, -0.05) is 42.9 Å². The number of hydrogen-bond donors (Lipinski definition) is 0. The maximum absolute atomic E-state index is 11.9. The minimum atomic E-state index is -5.08. The molecule has 16 heavy (non-hydrogen) atoms. The fourth-order valence-corrected chi connectivity index (χ4v) is 2.12. The zero-order chi connectivity index (χ0) is 12.4. The molecule has 0 aliphatic carbocycles. The molecule has 0 fully saturated rings. The van der Waals surface area contributed by atoms with E-state index >= 15 is 0 Å². The summed E-state index contributed by atoms with van der Waals surface area (Å²) in [5.41, 5.74) is 0. The molecule has 0 rings (SSSR count). The summed E-state index contributed by atoms with van der Waals surface area (Å²) in [5.74, 6) is 0. The molecule has 0 radical (unpaired) electrons. The number of unbranched alkanes of at least 4 members (excludes halogenated alkanes) is 5. The van der Waals surface area contributed by atoms with E-state index in [1.54, 1.807) is 0 Å². The van der Waals surface area contributed by atoms with E-state index in [0.29, 0.717) is 6.42 Å². The molecule has 0 bridgehead atoms. The second-order valence-electron chi connectivity index (χ2n) is 3.29. The zero-order valence-electron chi connectivity index (χ0n) is 9.22. The number of hydrogen-bond acceptors (Lipinski definition) is 5. The summed E-state index contributed by atoms with van der Waals surface area (Å²) in [6, 6.07) is 0. The van der Waals surface area contributed by atoms with Gasteiger partial charge < -0.3 is 8.39 Å². The van der Waals surface area contributed by atoms with E-state index in [0.717, 1.165) is 25.7 Å². The SMILES string of the molecule is CCCCCCCCO/[S-](=O)=N/S(=O)(=O)F. The topological polar surface area (TPSA) is 72.8 Å². The molecule has 0 amide bonds. The molecular weight excluding hydrogens is 257 g/mol. The summed E-state index contributed by atoms with van der Waals surface area (Å²) in [6.07, 6.45) is 6.12. The van der Waals surface area contributed by atoms with E-state index in [1.807, 2.05) is 0 Å². The third-order valence-corrected chi connectivity index (χ3v) is 3.40. The molecule has 0 N–H and O–H groups in total. The molecule has 98 valence electrons. The molecule has 0 aromatic heterocycles. The summed E-state index contributed by atoms with van der Waals surface area (Å²) in [7, 11) is -7.51. The van der Waals surface area contributed by atoms with Gasteiger partial charge in [-0.05, 0) is 17.3 Å². The van der Waals surface area contributed by atoms with Gasteiger partial charge in [0.1, 0.15) is 0 Å². The van der Waals surface area contributed by atoms with Crippen molar-refractivity contribution in [3.05, 3.63) is 0 Å². The van der Waals surface area contributed by atoms with Gasteiger partial charge in [0.25, 0.3) is 0 Å². The lowest BCUT2D eigenvalue weighted by Crippen LogP contribution is -1.94. The van der Waals surface area contributed by atoms with Gasteiger partial charge in [-0.25, -0.2) is 3.77 Å². The first-order valence-corrected chi connectivity index (χ1v) is 7.55. The smallest absolute Gasteiger partial charge is 0.397 e. The fourth-order valence-electron chi connectivity index (χ4n) is 1.11.